The summed E-state index contributed by atoms with van der Waals surface area (Å²) < 4.78 is 32.6. The van der Waals surface area contributed by atoms with Crippen LogP contribution in [-0.2, 0) is 26.3 Å². The predicted molar refractivity (Wildman–Crippen MR) is 81.1 cm³/mol. The zero-order valence-corrected chi connectivity index (χ0v) is 13.8. The van der Waals surface area contributed by atoms with Crippen molar-refractivity contribution in [1.29, 1.82) is 0 Å². The van der Waals surface area contributed by atoms with Crippen LogP contribution in [0.4, 0.5) is 0 Å². The third-order valence-electron chi connectivity index (χ3n) is 3.42. The molecule has 2 rings (SSSR count). The molecule has 1 saturated carbocycles. The van der Waals surface area contributed by atoms with Crippen LogP contribution in [0.3, 0.4) is 0 Å². The normalized spacial score (nSPS) is 15.6. The number of hydrogen-bond acceptors (Lipinski definition) is 5. The lowest BCUT2D eigenvalue weighted by Crippen LogP contribution is -2.43. The lowest BCUT2D eigenvalue weighted by Gasteiger charge is -2.27. The summed E-state index contributed by atoms with van der Waals surface area (Å²) in [6.07, 6.45) is 1.85. The maximum absolute atomic E-state index is 12.6. The highest BCUT2D eigenvalue weighted by Gasteiger charge is 2.39. The van der Waals surface area contributed by atoms with Gasteiger partial charge >= 0.3 is 5.97 Å². The standard InChI is InChI=1S/C13H20N2O4S2/c1-14(7-5-13(16)19-2)21(17,18)15(12-3-4-12)9-11-6-8-20-10-11/h6,8,10,12H,3-5,7,9H2,1-2H3. The van der Waals surface area contributed by atoms with Crippen LogP contribution in [0.2, 0.25) is 0 Å². The van der Waals surface area contributed by atoms with Crippen molar-refractivity contribution in [3.63, 3.8) is 0 Å². The van der Waals surface area contributed by atoms with Crippen molar-refractivity contribution < 1.29 is 17.9 Å². The zero-order chi connectivity index (χ0) is 15.5. The number of ether oxygens (including phenoxy) is 1. The molecule has 0 amide bonds. The topological polar surface area (TPSA) is 66.9 Å². The zero-order valence-electron chi connectivity index (χ0n) is 12.2. The molecule has 1 aliphatic rings. The van der Waals surface area contributed by atoms with E-state index in [2.05, 4.69) is 4.74 Å². The number of rotatable bonds is 8. The third kappa shape index (κ3) is 4.26. The van der Waals surface area contributed by atoms with Crippen molar-refractivity contribution in [2.24, 2.45) is 0 Å². The van der Waals surface area contributed by atoms with Gasteiger partial charge < -0.3 is 4.74 Å². The Bertz CT molecular complexity index is 567. The van der Waals surface area contributed by atoms with E-state index >= 15 is 0 Å². The Morgan fingerprint density at radius 2 is 2.19 bits per heavy atom. The van der Waals surface area contributed by atoms with Gasteiger partial charge in [0.05, 0.1) is 13.5 Å². The SMILES string of the molecule is COC(=O)CCN(C)S(=O)(=O)N(Cc1ccsc1)C1CC1. The fraction of sp³-hybridized carbons (Fsp3) is 0.615. The van der Waals surface area contributed by atoms with Crippen LogP contribution in [0.15, 0.2) is 16.8 Å². The molecule has 0 aliphatic heterocycles. The summed E-state index contributed by atoms with van der Waals surface area (Å²) in [7, 11) is -0.757. The molecule has 0 radical (unpaired) electrons. The minimum absolute atomic E-state index is 0.0587. The van der Waals surface area contributed by atoms with Gasteiger partial charge in [-0.3, -0.25) is 4.79 Å². The number of esters is 1. The highest BCUT2D eigenvalue weighted by molar-refractivity contribution is 7.86. The quantitative estimate of drug-likeness (QED) is 0.676. The molecule has 0 aromatic carbocycles. The van der Waals surface area contributed by atoms with E-state index in [9.17, 15) is 13.2 Å². The monoisotopic (exact) mass is 332 g/mol. The van der Waals surface area contributed by atoms with Crippen LogP contribution in [0.1, 0.15) is 24.8 Å². The maximum atomic E-state index is 12.6. The summed E-state index contributed by atoms with van der Waals surface area (Å²) >= 11 is 1.55. The molecule has 1 aromatic heterocycles. The first-order valence-electron chi connectivity index (χ1n) is 6.76. The Morgan fingerprint density at radius 1 is 1.48 bits per heavy atom. The van der Waals surface area contributed by atoms with E-state index in [1.807, 2.05) is 16.8 Å². The maximum Gasteiger partial charge on any atom is 0.306 e. The van der Waals surface area contributed by atoms with Gasteiger partial charge in [-0.2, -0.15) is 28.4 Å². The van der Waals surface area contributed by atoms with Gasteiger partial charge in [0.1, 0.15) is 0 Å². The summed E-state index contributed by atoms with van der Waals surface area (Å²) in [6, 6.07) is 2.01. The molecule has 6 nitrogen and oxygen atoms in total. The van der Waals surface area contributed by atoms with Gasteiger partial charge in [0.25, 0.3) is 10.2 Å². The minimum Gasteiger partial charge on any atom is -0.469 e. The second-order valence-electron chi connectivity index (χ2n) is 5.06. The van der Waals surface area contributed by atoms with Crippen molar-refractivity contribution in [3.8, 4) is 0 Å². The van der Waals surface area contributed by atoms with Crippen molar-refractivity contribution >= 4 is 27.5 Å². The summed E-state index contributed by atoms with van der Waals surface area (Å²) in [6.45, 7) is 0.515. The fourth-order valence-corrected chi connectivity index (χ4v) is 4.21. The Balaban J connectivity index is 2.05. The summed E-state index contributed by atoms with van der Waals surface area (Å²) in [5.41, 5.74) is 0.997. The molecule has 0 unspecified atom stereocenters. The Labute approximate surface area is 129 Å². The number of nitrogens with zero attached hydrogens (tertiary/aromatic N) is 2. The van der Waals surface area contributed by atoms with E-state index in [-0.39, 0.29) is 19.0 Å². The van der Waals surface area contributed by atoms with Gasteiger partial charge in [-0.05, 0) is 35.2 Å². The first-order valence-corrected chi connectivity index (χ1v) is 9.10. The molecule has 1 heterocycles. The molecule has 118 valence electrons. The molecule has 8 heteroatoms. The van der Waals surface area contributed by atoms with Crippen LogP contribution in [0.5, 0.6) is 0 Å². The van der Waals surface area contributed by atoms with Gasteiger partial charge in [0.15, 0.2) is 0 Å². The van der Waals surface area contributed by atoms with E-state index in [0.717, 1.165) is 18.4 Å². The van der Waals surface area contributed by atoms with E-state index in [0.29, 0.717) is 6.54 Å². The average Bonchev–Trinajstić information content (AvgIpc) is 3.17. The van der Waals surface area contributed by atoms with Gasteiger partial charge in [0, 0.05) is 26.2 Å². The van der Waals surface area contributed by atoms with Crippen LogP contribution >= 0.6 is 11.3 Å². The summed E-state index contributed by atoms with van der Waals surface area (Å²) in [5, 5.41) is 3.90. The molecule has 0 bridgehead atoms. The molecular formula is C13H20N2O4S2. The van der Waals surface area contributed by atoms with Gasteiger partial charge in [0.2, 0.25) is 0 Å². The van der Waals surface area contributed by atoms with Crippen molar-refractivity contribution in [1.82, 2.24) is 8.61 Å². The summed E-state index contributed by atoms with van der Waals surface area (Å²) in [5.74, 6) is -0.409. The molecule has 0 N–H and O–H groups in total. The van der Waals surface area contributed by atoms with Crippen LogP contribution in [0, 0.1) is 0 Å². The Hall–Kier alpha value is -0.960. The minimum atomic E-state index is -3.55. The first-order chi connectivity index (χ1) is 9.95. The first kappa shape index (κ1) is 16.4. The fourth-order valence-electron chi connectivity index (χ4n) is 1.97. The lowest BCUT2D eigenvalue weighted by molar-refractivity contribution is -0.140. The van der Waals surface area contributed by atoms with E-state index < -0.39 is 16.2 Å². The van der Waals surface area contributed by atoms with E-state index in [1.54, 1.807) is 11.3 Å². The van der Waals surface area contributed by atoms with Gasteiger partial charge in [-0.25, -0.2) is 0 Å². The van der Waals surface area contributed by atoms with Crippen molar-refractivity contribution in [3.05, 3.63) is 22.4 Å². The van der Waals surface area contributed by atoms with Crippen LogP contribution in [0.25, 0.3) is 0 Å². The lowest BCUT2D eigenvalue weighted by atomic mass is 10.3. The molecule has 1 aliphatic carbocycles. The molecule has 21 heavy (non-hydrogen) atoms. The highest BCUT2D eigenvalue weighted by atomic mass is 32.2. The van der Waals surface area contributed by atoms with Gasteiger partial charge in [-0.1, -0.05) is 0 Å². The van der Waals surface area contributed by atoms with E-state index in [4.69, 9.17) is 0 Å². The predicted octanol–water partition coefficient (Wildman–Crippen LogP) is 1.45. The number of carbonyl (C=O) groups is 1. The number of hydrogen-bond donors (Lipinski definition) is 0. The van der Waals surface area contributed by atoms with Crippen LogP contribution in [-0.4, -0.2) is 49.7 Å². The number of methoxy groups -OCH3 is 1. The van der Waals surface area contributed by atoms with Crippen molar-refractivity contribution in [2.45, 2.75) is 31.8 Å². The second kappa shape index (κ2) is 6.87. The number of carbonyl (C=O) groups excluding carboxylic acids is 1. The van der Waals surface area contributed by atoms with Crippen LogP contribution < -0.4 is 0 Å². The molecular weight excluding hydrogens is 312 g/mol. The molecule has 1 aromatic rings. The van der Waals surface area contributed by atoms with E-state index in [1.165, 1.54) is 22.8 Å². The van der Waals surface area contributed by atoms with Gasteiger partial charge in [-0.15, -0.1) is 0 Å². The highest BCUT2D eigenvalue weighted by Crippen LogP contribution is 2.32. The average molecular weight is 332 g/mol. The smallest absolute Gasteiger partial charge is 0.306 e. The Morgan fingerprint density at radius 3 is 2.71 bits per heavy atom. The molecule has 0 saturated heterocycles. The molecule has 0 atom stereocenters. The second-order valence-corrected chi connectivity index (χ2v) is 7.83. The third-order valence-corrected chi connectivity index (χ3v) is 6.14. The Kier molecular flexibility index (Phi) is 5.37. The largest absolute Gasteiger partial charge is 0.469 e. The molecule has 0 spiro atoms. The molecule has 1 fully saturated rings. The van der Waals surface area contributed by atoms with Crippen molar-refractivity contribution in [2.75, 3.05) is 20.7 Å². The summed E-state index contributed by atoms with van der Waals surface area (Å²) in [4.78, 5) is 11.2. The number of thiophene rings is 1.